The van der Waals surface area contributed by atoms with Crippen molar-refractivity contribution < 1.29 is 14.3 Å². The third kappa shape index (κ3) is 6.12. The summed E-state index contributed by atoms with van der Waals surface area (Å²) >= 11 is 0. The molecule has 2 heterocycles. The monoisotopic (exact) mass is 572 g/mol. The maximum atomic E-state index is 15.2. The molecule has 0 radical (unpaired) electrons. The van der Waals surface area contributed by atoms with Crippen LogP contribution < -0.4 is 15.5 Å². The fraction of sp³-hybridized carbons (Fsp3) is 0.457. The Balaban J connectivity index is 1.27. The van der Waals surface area contributed by atoms with E-state index in [4.69, 9.17) is 0 Å². The van der Waals surface area contributed by atoms with Gasteiger partial charge in [-0.3, -0.25) is 0 Å². The first-order valence-corrected chi connectivity index (χ1v) is 15.3. The van der Waals surface area contributed by atoms with Crippen LogP contribution in [-0.4, -0.2) is 42.2 Å². The van der Waals surface area contributed by atoms with E-state index in [2.05, 4.69) is 62.3 Å². The van der Waals surface area contributed by atoms with E-state index in [-0.39, 0.29) is 17.6 Å². The first-order valence-electron chi connectivity index (χ1n) is 15.3. The van der Waals surface area contributed by atoms with Crippen molar-refractivity contribution in [1.82, 2.24) is 4.90 Å². The van der Waals surface area contributed by atoms with Crippen LogP contribution in [0.5, 0.6) is 5.75 Å². The lowest BCUT2D eigenvalue weighted by Gasteiger charge is -2.36. The molecule has 3 aromatic carbocycles. The lowest BCUT2D eigenvalue weighted by Crippen LogP contribution is -2.38. The van der Waals surface area contributed by atoms with Gasteiger partial charge in [0.15, 0.2) is 0 Å². The number of carbonyl (C=O) groups is 1. The van der Waals surface area contributed by atoms with Crippen LogP contribution in [0.1, 0.15) is 77.3 Å². The van der Waals surface area contributed by atoms with Gasteiger partial charge in [0.25, 0.3) is 0 Å². The Morgan fingerprint density at radius 3 is 2.29 bits per heavy atom. The van der Waals surface area contributed by atoms with Crippen LogP contribution in [0.25, 0.3) is 0 Å². The number of anilines is 4. The summed E-state index contributed by atoms with van der Waals surface area (Å²) in [6.07, 6.45) is 3.76. The second kappa shape index (κ2) is 12.0. The number of piperidine rings is 1. The highest BCUT2D eigenvalue weighted by Gasteiger charge is 2.45. The van der Waals surface area contributed by atoms with Gasteiger partial charge in [-0.2, -0.15) is 0 Å². The predicted molar refractivity (Wildman–Crippen MR) is 171 cm³/mol. The Kier molecular flexibility index (Phi) is 8.51. The van der Waals surface area contributed by atoms with Crippen LogP contribution in [0.2, 0.25) is 0 Å². The molecule has 5 rings (SSSR count). The number of aromatic hydroxyl groups is 1. The highest BCUT2D eigenvalue weighted by atomic mass is 19.1. The van der Waals surface area contributed by atoms with Crippen molar-refractivity contribution in [2.75, 3.05) is 41.7 Å². The van der Waals surface area contributed by atoms with Gasteiger partial charge in [-0.05, 0) is 92.1 Å². The number of benzene rings is 3. The van der Waals surface area contributed by atoms with Crippen LogP contribution in [0.4, 0.5) is 31.9 Å². The van der Waals surface area contributed by atoms with Crippen molar-refractivity contribution in [1.29, 1.82) is 0 Å². The number of likely N-dealkylation sites (tertiary alicyclic amines) is 1. The Labute approximate surface area is 249 Å². The molecule has 0 aromatic heterocycles. The highest BCUT2D eigenvalue weighted by molar-refractivity contribution is 6.02. The Morgan fingerprint density at radius 2 is 1.64 bits per heavy atom. The summed E-state index contributed by atoms with van der Waals surface area (Å²) < 4.78 is 15.2. The predicted octanol–water partition coefficient (Wildman–Crippen LogP) is 8.61. The second-order valence-electron chi connectivity index (χ2n) is 13.2. The number of hydrogen-bond acceptors (Lipinski definition) is 4. The maximum absolute atomic E-state index is 15.2. The maximum Gasteiger partial charge on any atom is 0.323 e. The van der Waals surface area contributed by atoms with Gasteiger partial charge in [0.05, 0.1) is 17.1 Å². The first-order chi connectivity index (χ1) is 20.0. The molecule has 0 bridgehead atoms. The molecule has 3 N–H and O–H groups in total. The van der Waals surface area contributed by atoms with Gasteiger partial charge in [-0.15, -0.1) is 0 Å². The lowest BCUT2D eigenvalue weighted by atomic mass is 9.77. The van der Waals surface area contributed by atoms with Crippen molar-refractivity contribution in [3.8, 4) is 5.75 Å². The van der Waals surface area contributed by atoms with Crippen molar-refractivity contribution in [2.24, 2.45) is 5.41 Å². The van der Waals surface area contributed by atoms with Gasteiger partial charge in [0.2, 0.25) is 0 Å². The Morgan fingerprint density at radius 1 is 0.976 bits per heavy atom. The molecule has 0 unspecified atom stereocenters. The number of nitrogens with zero attached hydrogens (tertiary/aromatic N) is 2. The van der Waals surface area contributed by atoms with Crippen LogP contribution in [0, 0.1) is 11.2 Å². The first kappa shape index (κ1) is 29.9. The smallest absolute Gasteiger partial charge is 0.323 e. The van der Waals surface area contributed by atoms with Crippen LogP contribution in [0.15, 0.2) is 60.7 Å². The molecular weight excluding hydrogens is 527 g/mol. The standard InChI is InChI=1S/C35H45FN4O2/c1-6-35(7-2)23-40(32-30(41)17-16-27(36)31(32)35)29-11-9-8-10-28(29)38-33(42)37-26-14-12-24(13-15-26)25-18-20-39(21-19-25)22-34(3,4)5/h8-17,25,41H,6-7,18-23H2,1-5H3,(H2,37,38,42). The number of rotatable bonds is 7. The Hall–Kier alpha value is -3.58. The van der Waals surface area contributed by atoms with Gasteiger partial charge in [-0.25, -0.2) is 9.18 Å². The molecule has 2 aliphatic rings. The zero-order chi connectivity index (χ0) is 30.1. The molecule has 0 spiro atoms. The van der Waals surface area contributed by atoms with E-state index < -0.39 is 5.41 Å². The minimum atomic E-state index is -0.432. The average molecular weight is 573 g/mol. The van der Waals surface area contributed by atoms with Crippen LogP contribution >= 0.6 is 0 Å². The minimum absolute atomic E-state index is 0.0365. The molecule has 224 valence electrons. The zero-order valence-corrected chi connectivity index (χ0v) is 25.6. The van der Waals surface area contributed by atoms with Gasteiger partial charge >= 0.3 is 6.03 Å². The quantitative estimate of drug-likeness (QED) is 0.265. The number of hydrogen-bond donors (Lipinski definition) is 3. The van der Waals surface area contributed by atoms with Crippen molar-refractivity contribution in [2.45, 2.75) is 71.6 Å². The van der Waals surface area contributed by atoms with Crippen molar-refractivity contribution >= 4 is 28.8 Å². The van der Waals surface area contributed by atoms with Crippen LogP contribution in [-0.2, 0) is 5.41 Å². The zero-order valence-electron chi connectivity index (χ0n) is 25.6. The number of halogens is 1. The fourth-order valence-electron chi connectivity index (χ4n) is 6.86. The summed E-state index contributed by atoms with van der Waals surface area (Å²) in [5, 5.41) is 16.8. The number of urea groups is 1. The van der Waals surface area contributed by atoms with E-state index >= 15 is 4.39 Å². The molecule has 3 aromatic rings. The lowest BCUT2D eigenvalue weighted by molar-refractivity contribution is 0.154. The summed E-state index contributed by atoms with van der Waals surface area (Å²) in [5.41, 5.74) is 4.25. The molecule has 2 aliphatic heterocycles. The summed E-state index contributed by atoms with van der Waals surface area (Å²) in [6.45, 7) is 14.9. The minimum Gasteiger partial charge on any atom is -0.506 e. The number of para-hydroxylation sites is 2. The van der Waals surface area contributed by atoms with Crippen molar-refractivity contribution in [3.63, 3.8) is 0 Å². The molecular formula is C35H45FN4O2. The van der Waals surface area contributed by atoms with E-state index in [1.165, 1.54) is 17.7 Å². The van der Waals surface area contributed by atoms with Gasteiger partial charge in [0.1, 0.15) is 11.6 Å². The molecule has 42 heavy (non-hydrogen) atoms. The number of phenolic OH excluding ortho intramolecular Hbond substituents is 1. The normalized spacial score (nSPS) is 17.2. The molecule has 0 saturated carbocycles. The largest absolute Gasteiger partial charge is 0.506 e. The molecule has 6 nitrogen and oxygen atoms in total. The SMILES string of the molecule is CCC1(CC)CN(c2ccccc2NC(=O)Nc2ccc(C3CCN(CC(C)(C)C)CC3)cc2)c2c(O)ccc(F)c21. The number of carbonyl (C=O) groups excluding carboxylic acids is 1. The fourth-order valence-corrected chi connectivity index (χ4v) is 6.86. The second-order valence-corrected chi connectivity index (χ2v) is 13.2. The van der Waals surface area contributed by atoms with E-state index in [1.807, 2.05) is 41.3 Å². The molecule has 0 atom stereocenters. The third-order valence-electron chi connectivity index (χ3n) is 9.09. The third-order valence-corrected chi connectivity index (χ3v) is 9.09. The number of nitrogens with one attached hydrogen (secondary N) is 2. The molecule has 1 fully saturated rings. The van der Waals surface area contributed by atoms with E-state index in [1.54, 1.807) is 0 Å². The summed E-state index contributed by atoms with van der Waals surface area (Å²) in [5.74, 6) is 0.268. The van der Waals surface area contributed by atoms with Crippen molar-refractivity contribution in [3.05, 3.63) is 77.6 Å². The summed E-state index contributed by atoms with van der Waals surface area (Å²) in [6, 6.07) is 18.1. The molecule has 2 amide bonds. The number of fused-ring (bicyclic) bond motifs is 1. The Bertz CT molecular complexity index is 1400. The average Bonchev–Trinajstić information content (AvgIpc) is 3.32. The number of phenols is 1. The van der Waals surface area contributed by atoms with E-state index in [0.29, 0.717) is 40.5 Å². The van der Waals surface area contributed by atoms with Gasteiger partial charge in [0, 0.05) is 29.8 Å². The topological polar surface area (TPSA) is 67.8 Å². The van der Waals surface area contributed by atoms with Gasteiger partial charge < -0.3 is 25.5 Å². The molecule has 0 aliphatic carbocycles. The van der Waals surface area contributed by atoms with Crippen LogP contribution in [0.3, 0.4) is 0 Å². The van der Waals surface area contributed by atoms with E-state index in [9.17, 15) is 9.90 Å². The number of amides is 2. The molecule has 1 saturated heterocycles. The molecule has 7 heteroatoms. The van der Waals surface area contributed by atoms with E-state index in [0.717, 1.165) is 51.0 Å². The summed E-state index contributed by atoms with van der Waals surface area (Å²) in [4.78, 5) is 17.6. The highest BCUT2D eigenvalue weighted by Crippen LogP contribution is 2.53. The summed E-state index contributed by atoms with van der Waals surface area (Å²) in [7, 11) is 0. The van der Waals surface area contributed by atoms with Gasteiger partial charge in [-0.1, -0.05) is 58.9 Å².